The van der Waals surface area contributed by atoms with Crippen molar-refractivity contribution in [3.8, 4) is 22.6 Å². The monoisotopic (exact) mass is 437 g/mol. The van der Waals surface area contributed by atoms with Gasteiger partial charge in [-0.25, -0.2) is 4.21 Å². The molecule has 160 valence electrons. The third-order valence-corrected chi connectivity index (χ3v) is 6.31. The lowest BCUT2D eigenvalue weighted by atomic mass is 9.94. The molecule has 0 spiro atoms. The molecule has 0 radical (unpaired) electrons. The molecule has 0 saturated heterocycles. The molecule has 6 nitrogen and oxygen atoms in total. The maximum absolute atomic E-state index is 13.2. The van der Waals surface area contributed by atoms with Crippen molar-refractivity contribution in [1.82, 2.24) is 0 Å². The Kier molecular flexibility index (Phi) is 5.80. The molecule has 1 aliphatic rings. The fraction of sp³-hybridized carbons (Fsp3) is 0.208. The quantitative estimate of drug-likeness (QED) is 0.527. The van der Waals surface area contributed by atoms with Gasteiger partial charge in [-0.15, -0.1) is 0 Å². The molecular weight excluding hydrogens is 414 g/mol. The third-order valence-electron chi connectivity index (χ3n) is 5.63. The molecule has 2 N–H and O–H groups in total. The van der Waals surface area contributed by atoms with Crippen LogP contribution in [0.4, 0.5) is 5.69 Å². The van der Waals surface area contributed by atoms with Crippen LogP contribution in [-0.4, -0.2) is 28.9 Å². The summed E-state index contributed by atoms with van der Waals surface area (Å²) in [4.78, 5) is 13.5. The molecule has 1 saturated carbocycles. The molecule has 1 unspecified atom stereocenters. The van der Waals surface area contributed by atoms with Crippen molar-refractivity contribution in [2.45, 2.75) is 23.2 Å². The Morgan fingerprint density at radius 1 is 0.935 bits per heavy atom. The maximum Gasteiger partial charge on any atom is 0.235 e. The van der Waals surface area contributed by atoms with E-state index in [1.54, 1.807) is 38.5 Å². The van der Waals surface area contributed by atoms with Gasteiger partial charge in [0.1, 0.15) is 0 Å². The Morgan fingerprint density at radius 3 is 2.26 bits per heavy atom. The lowest BCUT2D eigenvalue weighted by Gasteiger charge is -2.18. The van der Waals surface area contributed by atoms with E-state index in [1.807, 2.05) is 42.5 Å². The van der Waals surface area contributed by atoms with Gasteiger partial charge in [-0.05, 0) is 65.9 Å². The average molecular weight is 438 g/mol. The molecule has 31 heavy (non-hydrogen) atoms. The van der Waals surface area contributed by atoms with E-state index in [-0.39, 0.29) is 5.91 Å². The summed E-state index contributed by atoms with van der Waals surface area (Å²) in [6, 6.07) is 20.0. The summed E-state index contributed by atoms with van der Waals surface area (Å²) < 4.78 is 31.0. The van der Waals surface area contributed by atoms with E-state index < -0.39 is 16.5 Å². The highest BCUT2D eigenvalue weighted by molar-refractivity contribution is 7.79. The Hall–Kier alpha value is -3.16. The molecule has 1 aliphatic carbocycles. The first-order valence-corrected chi connectivity index (χ1v) is 10.9. The normalized spacial score (nSPS) is 15.1. The first-order valence-electron chi connectivity index (χ1n) is 9.82. The number of hydrogen-bond acceptors (Lipinski definition) is 4. The molecule has 1 fully saturated rings. The van der Waals surface area contributed by atoms with Crippen LogP contribution in [0.5, 0.6) is 11.5 Å². The number of nitrogens with one attached hydrogen (secondary N) is 1. The van der Waals surface area contributed by atoms with Crippen LogP contribution in [0, 0.1) is 0 Å². The number of methoxy groups -OCH3 is 2. The molecule has 1 amide bonds. The lowest BCUT2D eigenvalue weighted by Crippen LogP contribution is -2.27. The maximum atomic E-state index is 13.2. The van der Waals surface area contributed by atoms with Gasteiger partial charge in [0, 0.05) is 5.69 Å². The van der Waals surface area contributed by atoms with Crippen LogP contribution in [0.1, 0.15) is 18.4 Å². The number of benzene rings is 3. The van der Waals surface area contributed by atoms with Crippen molar-refractivity contribution >= 4 is 22.7 Å². The molecule has 0 heterocycles. The fourth-order valence-electron chi connectivity index (χ4n) is 3.70. The zero-order chi connectivity index (χ0) is 22.0. The standard InChI is InChI=1S/C24H23NO5S/c1-29-21-11-8-18(15-22(21)30-2)24(12-13-24)23(26)25-19-5-3-4-17(14-19)16-6-9-20(10-7-16)31(27)28/h3-11,14-15H,12-13H2,1-2H3,(H,25,26)(H,27,28). The van der Waals surface area contributed by atoms with Crippen LogP contribution in [0.3, 0.4) is 0 Å². The van der Waals surface area contributed by atoms with Crippen molar-refractivity contribution in [2.24, 2.45) is 0 Å². The molecule has 0 bridgehead atoms. The second-order valence-electron chi connectivity index (χ2n) is 7.46. The second-order valence-corrected chi connectivity index (χ2v) is 8.43. The number of ether oxygens (including phenoxy) is 2. The van der Waals surface area contributed by atoms with Gasteiger partial charge in [0.05, 0.1) is 24.5 Å². The van der Waals surface area contributed by atoms with Crippen LogP contribution in [0.2, 0.25) is 0 Å². The summed E-state index contributed by atoms with van der Waals surface area (Å²) >= 11 is -2.01. The fourth-order valence-corrected chi connectivity index (χ4v) is 4.07. The molecule has 3 aromatic carbocycles. The number of carbonyl (C=O) groups excluding carboxylic acids is 1. The molecule has 1 atom stereocenters. The molecular formula is C24H23NO5S. The highest BCUT2D eigenvalue weighted by atomic mass is 32.2. The number of amides is 1. The molecule has 4 rings (SSSR count). The summed E-state index contributed by atoms with van der Waals surface area (Å²) in [5.41, 5.74) is 2.84. The van der Waals surface area contributed by atoms with Crippen LogP contribution in [0.25, 0.3) is 11.1 Å². The van der Waals surface area contributed by atoms with Gasteiger partial charge < -0.3 is 19.3 Å². The van der Waals surface area contributed by atoms with Gasteiger partial charge in [-0.2, -0.15) is 0 Å². The average Bonchev–Trinajstić information content (AvgIpc) is 3.61. The molecule has 0 aliphatic heterocycles. The predicted octanol–water partition coefficient (Wildman–Crippen LogP) is 4.62. The summed E-state index contributed by atoms with van der Waals surface area (Å²) in [7, 11) is 3.17. The number of anilines is 1. The van der Waals surface area contributed by atoms with Gasteiger partial charge in [-0.3, -0.25) is 4.79 Å². The summed E-state index contributed by atoms with van der Waals surface area (Å²) in [5.74, 6) is 1.18. The highest BCUT2D eigenvalue weighted by Gasteiger charge is 2.51. The Morgan fingerprint density at radius 2 is 1.65 bits per heavy atom. The van der Waals surface area contributed by atoms with E-state index in [1.165, 1.54) is 0 Å². The van der Waals surface area contributed by atoms with Crippen molar-refractivity contribution < 1.29 is 23.0 Å². The third kappa shape index (κ3) is 4.19. The lowest BCUT2D eigenvalue weighted by molar-refractivity contribution is -0.118. The van der Waals surface area contributed by atoms with E-state index in [4.69, 9.17) is 9.47 Å². The van der Waals surface area contributed by atoms with E-state index in [2.05, 4.69) is 5.32 Å². The van der Waals surface area contributed by atoms with Gasteiger partial charge in [-0.1, -0.05) is 30.3 Å². The summed E-state index contributed by atoms with van der Waals surface area (Å²) in [6.07, 6.45) is 1.54. The van der Waals surface area contributed by atoms with E-state index in [0.29, 0.717) is 22.1 Å². The Balaban J connectivity index is 1.55. The molecule has 0 aromatic heterocycles. The van der Waals surface area contributed by atoms with E-state index in [9.17, 15) is 13.6 Å². The second kappa shape index (κ2) is 8.53. The van der Waals surface area contributed by atoms with Crippen molar-refractivity contribution in [2.75, 3.05) is 19.5 Å². The predicted molar refractivity (Wildman–Crippen MR) is 120 cm³/mol. The van der Waals surface area contributed by atoms with Crippen LogP contribution < -0.4 is 14.8 Å². The van der Waals surface area contributed by atoms with Gasteiger partial charge >= 0.3 is 0 Å². The van der Waals surface area contributed by atoms with Gasteiger partial charge in [0.2, 0.25) is 5.91 Å². The Bertz CT molecular complexity index is 1140. The summed E-state index contributed by atoms with van der Waals surface area (Å²) in [6.45, 7) is 0. The van der Waals surface area contributed by atoms with E-state index in [0.717, 1.165) is 29.5 Å². The van der Waals surface area contributed by atoms with Crippen molar-refractivity contribution in [3.05, 3.63) is 72.3 Å². The zero-order valence-electron chi connectivity index (χ0n) is 17.3. The van der Waals surface area contributed by atoms with Crippen LogP contribution in [0.15, 0.2) is 71.6 Å². The molecule has 7 heteroatoms. The summed E-state index contributed by atoms with van der Waals surface area (Å²) in [5, 5.41) is 3.05. The number of carbonyl (C=O) groups is 1. The van der Waals surface area contributed by atoms with Crippen LogP contribution in [-0.2, 0) is 21.3 Å². The van der Waals surface area contributed by atoms with Crippen molar-refractivity contribution in [1.29, 1.82) is 0 Å². The van der Waals surface area contributed by atoms with Gasteiger partial charge in [0.25, 0.3) is 0 Å². The minimum atomic E-state index is -2.01. The van der Waals surface area contributed by atoms with Crippen molar-refractivity contribution in [3.63, 3.8) is 0 Å². The topological polar surface area (TPSA) is 84.9 Å². The van der Waals surface area contributed by atoms with E-state index >= 15 is 0 Å². The van der Waals surface area contributed by atoms with Crippen LogP contribution >= 0.6 is 0 Å². The SMILES string of the molecule is COc1ccc(C2(C(=O)Nc3cccc(-c4ccc(S(=O)O)cc4)c3)CC2)cc1OC. The zero-order valence-corrected chi connectivity index (χ0v) is 18.1. The van der Waals surface area contributed by atoms with Gasteiger partial charge in [0.15, 0.2) is 22.6 Å². The highest BCUT2D eigenvalue weighted by Crippen LogP contribution is 2.50. The largest absolute Gasteiger partial charge is 0.493 e. The molecule has 3 aromatic rings. The number of rotatable bonds is 7. The smallest absolute Gasteiger partial charge is 0.235 e. The minimum Gasteiger partial charge on any atom is -0.493 e. The Labute approximate surface area is 183 Å². The first-order chi connectivity index (χ1) is 15.0. The number of hydrogen-bond donors (Lipinski definition) is 2. The first kappa shape index (κ1) is 21.1. The minimum absolute atomic E-state index is 0.0529.